The first-order valence-electron chi connectivity index (χ1n) is 0. The maximum Gasteiger partial charge on any atom is 5.00 e. The van der Waals surface area contributed by atoms with Crippen molar-refractivity contribution in [2.75, 3.05) is 0 Å². The van der Waals surface area contributed by atoms with E-state index in [0.717, 1.165) is 0 Å². The molecule has 0 aliphatic heterocycles. The van der Waals surface area contributed by atoms with Crippen LogP contribution in [0.15, 0.2) is 0 Å². The van der Waals surface area contributed by atoms with Gasteiger partial charge in [0.05, 0.1) is 0 Å². The van der Waals surface area contributed by atoms with Crippen molar-refractivity contribution < 1.29 is 43.5 Å². The van der Waals surface area contributed by atoms with Crippen LogP contribution in [-0.4, -0.2) is 0 Å². The second-order valence-corrected chi connectivity index (χ2v) is 0. The Morgan fingerprint density at radius 3 is 1.00 bits per heavy atom. The smallest absolute Gasteiger partial charge is 2.00 e. The summed E-state index contributed by atoms with van der Waals surface area (Å²) in [6.45, 7) is 0. The monoisotopic (exact) mass is 143 g/mol. The van der Waals surface area contributed by atoms with Gasteiger partial charge in [0.2, 0.25) is 0 Å². The van der Waals surface area contributed by atoms with Crippen molar-refractivity contribution in [1.82, 2.24) is 0 Å². The van der Waals surface area contributed by atoms with E-state index in [9.17, 15) is 0 Å². The molecule has 0 N–H and O–H groups in total. The molecule has 0 atom stereocenters. The molecule has 0 heterocycles. The molecule has 0 saturated heterocycles. The SMILES string of the molecule is [C+4].[O-2].[V+5].[Zn+2]. The standard InChI is InChI=1S/C.O.V.Zn/q+4;-2;+5;+2. The van der Waals surface area contributed by atoms with Gasteiger partial charge in [-0.2, -0.15) is 0 Å². The Kier molecular flexibility index (Phi) is 505. The van der Waals surface area contributed by atoms with Crippen LogP contribution in [0.5, 0.6) is 0 Å². The van der Waals surface area contributed by atoms with Crippen molar-refractivity contribution in [2.24, 2.45) is 0 Å². The van der Waals surface area contributed by atoms with Crippen molar-refractivity contribution >= 4 is 0 Å². The molecule has 0 spiro atoms. The predicted octanol–water partition coefficient (Wildman–Crippen LogP) is -0.0425. The third-order valence-corrected chi connectivity index (χ3v) is 0. The molecule has 0 saturated carbocycles. The van der Waals surface area contributed by atoms with E-state index in [2.05, 4.69) is 0 Å². The number of hydrogen-bond donors (Lipinski definition) is 0. The molecule has 3 heteroatoms. The fourth-order valence-corrected chi connectivity index (χ4v) is 0. The van der Waals surface area contributed by atoms with Crippen molar-refractivity contribution in [2.45, 2.75) is 0 Å². The summed E-state index contributed by atoms with van der Waals surface area (Å²) in [6.07, 6.45) is 0. The quantitative estimate of drug-likeness (QED) is 0.427. The minimum atomic E-state index is 0. The van der Waals surface area contributed by atoms with E-state index in [-0.39, 0.29) is 50.9 Å². The van der Waals surface area contributed by atoms with Gasteiger partial charge in [-0.1, -0.05) is 0 Å². The van der Waals surface area contributed by atoms with Crippen molar-refractivity contribution in [3.05, 3.63) is 7.43 Å². The van der Waals surface area contributed by atoms with Gasteiger partial charge in [0.15, 0.2) is 0 Å². The van der Waals surface area contributed by atoms with Crippen molar-refractivity contribution in [3.63, 3.8) is 0 Å². The van der Waals surface area contributed by atoms with Crippen LogP contribution < -0.4 is 0 Å². The van der Waals surface area contributed by atoms with Gasteiger partial charge in [0.1, 0.15) is 0 Å². The van der Waals surface area contributed by atoms with Crippen molar-refractivity contribution in [3.8, 4) is 0 Å². The maximum atomic E-state index is 0. The molecular weight excluding hydrogens is 144 g/mol. The molecule has 8 valence electrons. The van der Waals surface area contributed by atoms with Gasteiger partial charge in [-0.25, -0.2) is 0 Å². The van der Waals surface area contributed by atoms with Gasteiger partial charge in [-0.05, 0) is 0 Å². The van der Waals surface area contributed by atoms with Crippen LogP contribution in [0, 0.1) is 7.43 Å². The minimum Gasteiger partial charge on any atom is -2.00 e. The van der Waals surface area contributed by atoms with E-state index in [1.54, 1.807) is 0 Å². The van der Waals surface area contributed by atoms with Crippen LogP contribution in [0.2, 0.25) is 0 Å². The topological polar surface area (TPSA) is 28.5 Å². The predicted molar refractivity (Wildman–Crippen MR) is 3.93 cm³/mol. The molecule has 1 nitrogen and oxygen atoms in total. The second kappa shape index (κ2) is 30.7. The molecule has 0 radical (unpaired) electrons. The summed E-state index contributed by atoms with van der Waals surface area (Å²) in [5.74, 6) is 0. The van der Waals surface area contributed by atoms with Crippen LogP contribution in [-0.2, 0) is 43.5 Å². The zero-order valence-electron chi connectivity index (χ0n) is 2.06. The number of rotatable bonds is 0. The molecule has 0 aromatic heterocycles. The summed E-state index contributed by atoms with van der Waals surface area (Å²) in [6, 6.07) is 0. The van der Waals surface area contributed by atoms with E-state index in [4.69, 9.17) is 0 Å². The van der Waals surface area contributed by atoms with Crippen molar-refractivity contribution in [1.29, 1.82) is 0 Å². The Morgan fingerprint density at radius 2 is 1.00 bits per heavy atom. The average Bonchev–Trinajstić information content (AvgIpc) is 0. The average molecular weight is 144 g/mol. The summed E-state index contributed by atoms with van der Waals surface area (Å²) in [5.41, 5.74) is 0. The molecular formula is COVZn+9. The summed E-state index contributed by atoms with van der Waals surface area (Å²) >= 11 is 0. The molecule has 0 aromatic carbocycles. The van der Waals surface area contributed by atoms with Crippen LogP contribution in [0.4, 0.5) is 0 Å². The first-order chi connectivity index (χ1) is 0. The van der Waals surface area contributed by atoms with E-state index in [0.29, 0.717) is 0 Å². The van der Waals surface area contributed by atoms with Gasteiger partial charge >= 0.3 is 45.5 Å². The second-order valence-electron chi connectivity index (χ2n) is 0. The summed E-state index contributed by atoms with van der Waals surface area (Å²) in [4.78, 5) is 0. The molecule has 4 heavy (non-hydrogen) atoms. The minimum absolute atomic E-state index is 0. The van der Waals surface area contributed by atoms with Crippen LogP contribution >= 0.6 is 0 Å². The molecule has 0 unspecified atom stereocenters. The van der Waals surface area contributed by atoms with Gasteiger partial charge in [0, 0.05) is 0 Å². The summed E-state index contributed by atoms with van der Waals surface area (Å²) < 4.78 is 0. The van der Waals surface area contributed by atoms with Crippen LogP contribution in [0.1, 0.15) is 0 Å². The fourth-order valence-electron chi connectivity index (χ4n) is 0. The van der Waals surface area contributed by atoms with E-state index in [1.807, 2.05) is 0 Å². The largest absolute Gasteiger partial charge is 5.00 e. The number of hydrogen-bond acceptors (Lipinski definition) is 0. The Hall–Kier alpha value is 1.17. The first kappa shape index (κ1) is 65.8. The molecule has 0 aliphatic carbocycles. The van der Waals surface area contributed by atoms with Gasteiger partial charge in [-0.3, -0.25) is 0 Å². The zero-order valence-corrected chi connectivity index (χ0v) is 6.43. The van der Waals surface area contributed by atoms with Gasteiger partial charge in [-0.15, -0.1) is 0 Å². The summed E-state index contributed by atoms with van der Waals surface area (Å²) in [5, 5.41) is 0. The molecule has 0 amide bonds. The Balaban J connectivity index is 0. The van der Waals surface area contributed by atoms with Crippen LogP contribution in [0.3, 0.4) is 0 Å². The molecule has 0 bridgehead atoms. The molecule has 0 rings (SSSR count). The van der Waals surface area contributed by atoms with Crippen LogP contribution in [0.25, 0.3) is 0 Å². The van der Waals surface area contributed by atoms with Gasteiger partial charge in [0.25, 0.3) is 0 Å². The summed E-state index contributed by atoms with van der Waals surface area (Å²) in [7, 11) is 0. The van der Waals surface area contributed by atoms with Gasteiger partial charge < -0.3 is 5.48 Å². The first-order valence-corrected chi connectivity index (χ1v) is 0. The van der Waals surface area contributed by atoms with E-state index < -0.39 is 0 Å². The fraction of sp³-hybridized carbons (Fsp3) is 0. The van der Waals surface area contributed by atoms with E-state index >= 15 is 0 Å². The maximum absolute atomic E-state index is 0. The third kappa shape index (κ3) is 10.9. The third-order valence-electron chi connectivity index (χ3n) is 0. The molecule has 0 aliphatic rings. The normalized spacial score (nSPS) is 0. The Morgan fingerprint density at radius 1 is 1.00 bits per heavy atom. The Bertz CT molecular complexity index is 8.00. The zero-order chi connectivity index (χ0) is 0. The Labute approximate surface area is 51.1 Å². The molecule has 0 aromatic rings. The van der Waals surface area contributed by atoms with E-state index in [1.165, 1.54) is 0 Å². The molecule has 0 fully saturated rings.